The van der Waals surface area contributed by atoms with Gasteiger partial charge in [0.15, 0.2) is 28.9 Å². The van der Waals surface area contributed by atoms with Crippen molar-refractivity contribution in [2.24, 2.45) is 11.3 Å². The molecular formula is C53H52N10O15P2S. The van der Waals surface area contributed by atoms with E-state index in [0.717, 1.165) is 22.5 Å². The van der Waals surface area contributed by atoms with Crippen LogP contribution in [0, 0.1) is 25.2 Å². The number of esters is 2. The summed E-state index contributed by atoms with van der Waals surface area (Å²) in [6, 6.07) is 26.0. The number of carbonyl (C=O) groups excluding carboxylic acids is 2. The normalized spacial score (nSPS) is 28.1. The Kier molecular flexibility index (Phi) is 14.5. The molecule has 2 saturated heterocycles. The van der Waals surface area contributed by atoms with Crippen LogP contribution in [0.4, 0.5) is 11.8 Å². The summed E-state index contributed by atoms with van der Waals surface area (Å²) in [6.45, 7) is -2.00. The smallest absolute Gasteiger partial charge is 0.423 e. The van der Waals surface area contributed by atoms with Gasteiger partial charge in [-0.2, -0.15) is 4.98 Å². The molecule has 28 heteroatoms. The summed E-state index contributed by atoms with van der Waals surface area (Å²) in [5.74, 6) is -1.21. The van der Waals surface area contributed by atoms with Crippen molar-refractivity contribution < 1.29 is 65.4 Å². The number of fused-ring (bicyclic) bond motifs is 4. The van der Waals surface area contributed by atoms with Crippen LogP contribution in [-0.4, -0.2) is 107 Å². The van der Waals surface area contributed by atoms with Crippen molar-refractivity contribution in [3.8, 4) is 11.5 Å². The lowest BCUT2D eigenvalue weighted by Crippen LogP contribution is -2.38. The number of nitrogens with one attached hydrogen (secondary N) is 1. The van der Waals surface area contributed by atoms with Crippen LogP contribution >= 0.6 is 26.0 Å². The second-order valence-electron chi connectivity index (χ2n) is 20.1. The second-order valence-corrected chi connectivity index (χ2v) is 25.7. The number of aliphatic hydroxyl groups excluding tert-OH is 1. The van der Waals surface area contributed by atoms with E-state index in [2.05, 4.69) is 29.9 Å². The molecule has 11 atom stereocenters. The zero-order valence-corrected chi connectivity index (χ0v) is 46.0. The van der Waals surface area contributed by atoms with Gasteiger partial charge >= 0.3 is 26.6 Å². The van der Waals surface area contributed by atoms with E-state index in [1.807, 2.05) is 26.0 Å². The maximum Gasteiger partial charge on any atom is 0.475 e. The summed E-state index contributed by atoms with van der Waals surface area (Å²) >= 11 is 0.829. The summed E-state index contributed by atoms with van der Waals surface area (Å²) in [7, 11) is -3.55. The maximum atomic E-state index is 15.7. The van der Waals surface area contributed by atoms with Crippen LogP contribution in [0.2, 0.25) is 0 Å². The highest BCUT2D eigenvalue weighted by atomic mass is 32.7. The van der Waals surface area contributed by atoms with Gasteiger partial charge in [-0.3, -0.25) is 37.0 Å². The van der Waals surface area contributed by atoms with Gasteiger partial charge in [-0.15, -0.1) is 0 Å². The van der Waals surface area contributed by atoms with E-state index in [9.17, 15) is 19.5 Å². The molecule has 0 radical (unpaired) electrons. The summed E-state index contributed by atoms with van der Waals surface area (Å²) in [5.41, 5.74) is 14.6. The minimum Gasteiger partial charge on any atom is -0.423 e. The zero-order chi connectivity index (χ0) is 56.4. The van der Waals surface area contributed by atoms with Crippen LogP contribution in [-0.2, 0) is 53.6 Å². The predicted octanol–water partition coefficient (Wildman–Crippen LogP) is 7.20. The minimum absolute atomic E-state index is 0.0275. The van der Waals surface area contributed by atoms with Gasteiger partial charge in [0.1, 0.15) is 53.9 Å². The molecule has 1 spiro atoms. The van der Waals surface area contributed by atoms with Crippen molar-refractivity contribution in [3.05, 3.63) is 160 Å². The topological polar surface area (TPSA) is 331 Å². The Hall–Kier alpha value is -7.19. The highest BCUT2D eigenvalue weighted by molar-refractivity contribution is 8.54. The fourth-order valence-corrected chi connectivity index (χ4v) is 15.4. The molecule has 4 aliphatic rings. The van der Waals surface area contributed by atoms with E-state index < -0.39 is 99.5 Å². The van der Waals surface area contributed by atoms with E-state index in [1.165, 1.54) is 30.7 Å². The number of benzene rings is 4. The molecule has 25 nitrogen and oxygen atoms in total. The molecule has 81 heavy (non-hydrogen) atoms. The fraction of sp³-hybridized carbons (Fsp3) is 0.321. The molecule has 420 valence electrons. The van der Waals surface area contributed by atoms with Crippen LogP contribution in [0.25, 0.3) is 22.3 Å². The minimum atomic E-state index is -4.90. The van der Waals surface area contributed by atoms with Crippen molar-refractivity contribution >= 4 is 72.0 Å². The van der Waals surface area contributed by atoms with Gasteiger partial charge in [-0.25, -0.2) is 38.7 Å². The Balaban J connectivity index is 0.883. The molecule has 2 aliphatic carbocycles. The molecule has 4 fully saturated rings. The zero-order valence-electron chi connectivity index (χ0n) is 43.4. The summed E-state index contributed by atoms with van der Waals surface area (Å²) in [6.07, 6.45) is -3.67. The number of rotatable bonds is 13. The van der Waals surface area contributed by atoms with Gasteiger partial charge in [-0.1, -0.05) is 59.7 Å². The van der Waals surface area contributed by atoms with Gasteiger partial charge in [0.25, 0.3) is 5.56 Å². The van der Waals surface area contributed by atoms with Gasteiger partial charge < -0.3 is 40.1 Å². The number of hydrogen-bond acceptors (Lipinski definition) is 23. The Morgan fingerprint density at radius 1 is 0.802 bits per heavy atom. The fourth-order valence-electron chi connectivity index (χ4n) is 10.5. The number of H-pyrrole nitrogens is 1. The number of aromatic amines is 1. The Morgan fingerprint density at radius 2 is 1.43 bits per heavy atom. The number of nitrogens with zero attached hydrogens (tertiary/aromatic N) is 7. The number of carbonyl (C=O) groups is 2. The van der Waals surface area contributed by atoms with Crippen LogP contribution in [0.1, 0.15) is 61.7 Å². The number of methoxy groups -OCH3 is 1. The van der Waals surface area contributed by atoms with Crippen molar-refractivity contribution in [3.63, 3.8) is 0 Å². The number of aromatic nitrogens is 8. The largest absolute Gasteiger partial charge is 0.475 e. The van der Waals surface area contributed by atoms with Gasteiger partial charge in [0.05, 0.1) is 49.6 Å². The van der Waals surface area contributed by atoms with E-state index in [4.69, 9.17) is 53.0 Å². The maximum absolute atomic E-state index is 15.7. The number of hydrogen-bond donors (Lipinski definition) is 4. The molecule has 2 saturated carbocycles. The molecule has 2 unspecified atom stereocenters. The lowest BCUT2D eigenvalue weighted by atomic mass is 10.0. The molecule has 8 aromatic rings. The van der Waals surface area contributed by atoms with E-state index in [1.54, 1.807) is 89.5 Å². The number of nitrogens with two attached hydrogens (primary N) is 2. The SMILES string of the molecule is CO[C@H]1[C@H]2OP(=O)(OCc3ccc(OC(=O)c4ccc(C)cc4)cc3)OC[C@@]34C[C@@H]3[C@@H](n3cnc5c(N)ncnc53)[C@H](O)[C@@H]4OP(=O)(SCc3ccc(OC(=O)c4ccc(C)cc4)cc3)OC[C@H]1O[C@H]2n1cnc2c(=O)[nH]c(N)nc21. The van der Waals surface area contributed by atoms with Crippen LogP contribution < -0.4 is 26.5 Å². The Bertz CT molecular complexity index is 3850. The number of nitrogen functional groups attached to an aromatic ring is 2. The monoisotopic (exact) mass is 1160 g/mol. The first-order valence-electron chi connectivity index (χ1n) is 25.4. The molecule has 2 aliphatic heterocycles. The van der Waals surface area contributed by atoms with Gasteiger partial charge in [0.2, 0.25) is 5.95 Å². The molecule has 4 aromatic carbocycles. The number of aliphatic hydroxyl groups is 1. The molecule has 4 aromatic heterocycles. The summed E-state index contributed by atoms with van der Waals surface area (Å²) < 4.78 is 90.7. The molecule has 2 bridgehead atoms. The van der Waals surface area contributed by atoms with E-state index in [-0.39, 0.29) is 58.7 Å². The third-order valence-corrected chi connectivity index (χ3v) is 19.8. The third-order valence-electron chi connectivity index (χ3n) is 14.8. The molecule has 6 heterocycles. The number of phosphoric acid groups is 1. The predicted molar refractivity (Wildman–Crippen MR) is 291 cm³/mol. The lowest BCUT2D eigenvalue weighted by molar-refractivity contribution is -0.0617. The van der Waals surface area contributed by atoms with Gasteiger partial charge in [0, 0.05) is 18.3 Å². The quantitative estimate of drug-likeness (QED) is 0.0503. The number of anilines is 2. The summed E-state index contributed by atoms with van der Waals surface area (Å²) in [4.78, 5) is 62.9. The van der Waals surface area contributed by atoms with Crippen molar-refractivity contribution in [1.82, 2.24) is 39.0 Å². The van der Waals surface area contributed by atoms with Crippen LogP contribution in [0.5, 0.6) is 11.5 Å². The molecular weight excluding hydrogens is 1110 g/mol. The molecule has 12 rings (SSSR count). The van der Waals surface area contributed by atoms with Crippen LogP contribution in [0.3, 0.4) is 0 Å². The van der Waals surface area contributed by atoms with Crippen molar-refractivity contribution in [2.75, 3.05) is 31.8 Å². The first kappa shape index (κ1) is 54.4. The second kappa shape index (κ2) is 21.6. The lowest BCUT2D eigenvalue weighted by Gasteiger charge is -2.32. The highest BCUT2D eigenvalue weighted by Gasteiger charge is 2.74. The molecule has 0 amide bonds. The molecule has 6 N–H and O–H groups in total. The van der Waals surface area contributed by atoms with Crippen molar-refractivity contribution in [1.29, 1.82) is 0 Å². The standard InChI is InChI=1S/C53H52N10O15P2S/c1-28-4-12-32(13-5-28)50(66)74-34-16-8-30(9-17-34)21-71-79(68)73-24-53-20-36(53)40(62-26-58-38-45(54)56-25-57-46(38)62)41(64)44(53)78-80(69,81-23-31-10-18-35(19-11-31)75-51(67)33-14-6-29(2)7-15-33)72-22-37-42(70-3)43(77-79)49(76-37)63-27-59-39-47(63)60-52(55)61-48(39)65/h4-19,25-27,36-37,40-44,49,64H,20-24H2,1-3H3,(H2,54,56,57)(H3,55,60,61,65)/t36-,37-,40-,41+,42-,43-,44+,49-,53+,79?,80?/m1/s1. The average Bonchev–Trinajstić information content (AvgIpc) is 2.03. The van der Waals surface area contributed by atoms with E-state index >= 15 is 9.13 Å². The number of imidazole rings is 2. The number of aryl methyl sites for hydroxylation is 2. The van der Waals surface area contributed by atoms with Crippen LogP contribution in [0.15, 0.2) is 121 Å². The highest BCUT2D eigenvalue weighted by Crippen LogP contribution is 2.75. The number of phosphoric ester groups is 1. The Morgan fingerprint density at radius 3 is 2.09 bits per heavy atom. The third kappa shape index (κ3) is 10.7. The first-order valence-corrected chi connectivity index (χ1v) is 30.0. The average molecular weight is 1160 g/mol. The van der Waals surface area contributed by atoms with Gasteiger partial charge in [-0.05, 0) is 97.2 Å². The Labute approximate surface area is 464 Å². The first-order chi connectivity index (χ1) is 39.0. The van der Waals surface area contributed by atoms with Crippen molar-refractivity contribution in [2.45, 2.75) is 75.4 Å². The van der Waals surface area contributed by atoms with E-state index in [0.29, 0.717) is 27.9 Å². The number of ether oxygens (including phenoxy) is 4. The summed E-state index contributed by atoms with van der Waals surface area (Å²) in [5, 5.41) is 12.6.